The van der Waals surface area contributed by atoms with Gasteiger partial charge in [0.2, 0.25) is 0 Å². The summed E-state index contributed by atoms with van der Waals surface area (Å²) in [6, 6.07) is 4.58. The number of nitrogens with one attached hydrogen (secondary N) is 2. The molecule has 0 bridgehead atoms. The highest BCUT2D eigenvalue weighted by Crippen LogP contribution is 2.12. The number of aliphatic imine (C=N–C) groups is 1. The number of ether oxygens (including phenoxy) is 1. The highest BCUT2D eigenvalue weighted by atomic mass is 16.5. The van der Waals surface area contributed by atoms with Gasteiger partial charge in [0.05, 0.1) is 13.2 Å². The van der Waals surface area contributed by atoms with Gasteiger partial charge in [0, 0.05) is 59.6 Å². The van der Waals surface area contributed by atoms with Crippen molar-refractivity contribution in [2.75, 3.05) is 58.9 Å². The van der Waals surface area contributed by atoms with E-state index in [0.717, 1.165) is 44.6 Å². The average molecular weight is 363 g/mol. The zero-order valence-corrected chi connectivity index (χ0v) is 16.8. The smallest absolute Gasteiger partial charge is 0.191 e. The predicted molar refractivity (Wildman–Crippen MR) is 108 cm³/mol. The fourth-order valence-corrected chi connectivity index (χ4v) is 3.12. The van der Waals surface area contributed by atoms with Crippen LogP contribution in [0.3, 0.4) is 0 Å². The van der Waals surface area contributed by atoms with Gasteiger partial charge >= 0.3 is 0 Å². The molecule has 2 N–H and O–H groups in total. The minimum Gasteiger partial charge on any atom is -0.379 e. The number of hydrogen-bond donors (Lipinski definition) is 2. The monoisotopic (exact) mass is 362 g/mol. The van der Waals surface area contributed by atoms with Gasteiger partial charge in [-0.3, -0.25) is 9.89 Å². The summed E-state index contributed by atoms with van der Waals surface area (Å²) in [6.07, 6.45) is 1.84. The molecule has 1 saturated heterocycles. The molecular formula is C19H34N6O. The van der Waals surface area contributed by atoms with E-state index in [-0.39, 0.29) is 0 Å². The van der Waals surface area contributed by atoms with Crippen molar-refractivity contribution in [3.05, 3.63) is 23.9 Å². The molecule has 146 valence electrons. The van der Waals surface area contributed by atoms with Gasteiger partial charge in [-0.1, -0.05) is 13.8 Å². The number of anilines is 1. The van der Waals surface area contributed by atoms with E-state index in [4.69, 9.17) is 4.74 Å². The maximum atomic E-state index is 5.48. The molecule has 1 aromatic heterocycles. The van der Waals surface area contributed by atoms with Crippen molar-refractivity contribution >= 4 is 11.8 Å². The second-order valence-corrected chi connectivity index (χ2v) is 7.18. The van der Waals surface area contributed by atoms with Crippen LogP contribution in [0.25, 0.3) is 0 Å². The van der Waals surface area contributed by atoms with Gasteiger partial charge in [-0.25, -0.2) is 4.98 Å². The molecule has 2 rings (SSSR count). The molecule has 1 fully saturated rings. The van der Waals surface area contributed by atoms with Crippen LogP contribution in [0.5, 0.6) is 0 Å². The molecule has 1 atom stereocenters. The molecule has 7 nitrogen and oxygen atoms in total. The van der Waals surface area contributed by atoms with Crippen LogP contribution in [-0.4, -0.2) is 75.9 Å². The third-order valence-corrected chi connectivity index (χ3v) is 4.71. The molecule has 0 amide bonds. The normalized spacial score (nSPS) is 17.2. The van der Waals surface area contributed by atoms with Gasteiger partial charge in [0.1, 0.15) is 5.82 Å². The van der Waals surface area contributed by atoms with Crippen molar-refractivity contribution in [3.63, 3.8) is 0 Å². The molecule has 0 saturated carbocycles. The largest absolute Gasteiger partial charge is 0.379 e. The standard InChI is InChI=1S/C19H34N6O/c1-15(2)17(25-8-10-26-11-9-25)14-23-19(20-3)22-13-16-6-7-21-18(12-16)24(4)5/h6-7,12,15,17H,8-11,13-14H2,1-5H3,(H2,20,22,23). The number of hydrogen-bond acceptors (Lipinski definition) is 5. The van der Waals surface area contributed by atoms with Gasteiger partial charge in [-0.2, -0.15) is 0 Å². The van der Waals surface area contributed by atoms with Crippen LogP contribution in [0.1, 0.15) is 19.4 Å². The van der Waals surface area contributed by atoms with E-state index in [1.165, 1.54) is 5.56 Å². The molecule has 7 heteroatoms. The Bertz CT molecular complexity index is 569. The van der Waals surface area contributed by atoms with Gasteiger partial charge in [0.15, 0.2) is 5.96 Å². The summed E-state index contributed by atoms with van der Waals surface area (Å²) in [4.78, 5) is 13.2. The highest BCUT2D eigenvalue weighted by molar-refractivity contribution is 5.79. The summed E-state index contributed by atoms with van der Waals surface area (Å²) in [5, 5.41) is 6.88. The van der Waals surface area contributed by atoms with Crippen LogP contribution in [0.4, 0.5) is 5.82 Å². The number of rotatable bonds is 7. The zero-order valence-electron chi connectivity index (χ0n) is 16.8. The number of nitrogens with zero attached hydrogens (tertiary/aromatic N) is 4. The van der Waals surface area contributed by atoms with Gasteiger partial charge in [-0.05, 0) is 23.6 Å². The van der Waals surface area contributed by atoms with Gasteiger partial charge in [0.25, 0.3) is 0 Å². The quantitative estimate of drug-likeness (QED) is 0.561. The van der Waals surface area contributed by atoms with Crippen molar-refractivity contribution in [2.24, 2.45) is 10.9 Å². The molecule has 1 aliphatic rings. The van der Waals surface area contributed by atoms with Crippen LogP contribution < -0.4 is 15.5 Å². The van der Waals surface area contributed by atoms with Crippen LogP contribution in [-0.2, 0) is 11.3 Å². The first-order valence-electron chi connectivity index (χ1n) is 9.39. The summed E-state index contributed by atoms with van der Waals surface area (Å²) < 4.78 is 5.48. The molecule has 2 heterocycles. The van der Waals surface area contributed by atoms with E-state index in [1.54, 1.807) is 0 Å². The first-order valence-corrected chi connectivity index (χ1v) is 9.39. The fraction of sp³-hybridized carbons (Fsp3) is 0.684. The molecule has 0 aliphatic carbocycles. The van der Waals surface area contributed by atoms with Gasteiger partial charge in [-0.15, -0.1) is 0 Å². The van der Waals surface area contributed by atoms with Crippen molar-refractivity contribution in [1.29, 1.82) is 0 Å². The number of morpholine rings is 1. The second-order valence-electron chi connectivity index (χ2n) is 7.18. The predicted octanol–water partition coefficient (Wildman–Crippen LogP) is 1.17. The summed E-state index contributed by atoms with van der Waals surface area (Å²) in [5.74, 6) is 2.35. The van der Waals surface area contributed by atoms with E-state index in [9.17, 15) is 0 Å². The summed E-state index contributed by atoms with van der Waals surface area (Å²) in [5.41, 5.74) is 1.18. The number of guanidine groups is 1. The first-order chi connectivity index (χ1) is 12.5. The molecular weight excluding hydrogens is 328 g/mol. The minimum atomic E-state index is 0.471. The van der Waals surface area contributed by atoms with E-state index in [0.29, 0.717) is 18.5 Å². The van der Waals surface area contributed by atoms with E-state index < -0.39 is 0 Å². The Hall–Kier alpha value is -1.86. The molecule has 1 aliphatic heterocycles. The molecule has 1 unspecified atom stereocenters. The summed E-state index contributed by atoms with van der Waals surface area (Å²) in [7, 11) is 5.81. The lowest BCUT2D eigenvalue weighted by atomic mass is 10.0. The third-order valence-electron chi connectivity index (χ3n) is 4.71. The van der Waals surface area contributed by atoms with Crippen molar-refractivity contribution in [3.8, 4) is 0 Å². The molecule has 1 aromatic rings. The Kier molecular flexibility index (Phi) is 8.12. The molecule has 0 aromatic carbocycles. The lowest BCUT2D eigenvalue weighted by Gasteiger charge is -2.37. The minimum absolute atomic E-state index is 0.471. The van der Waals surface area contributed by atoms with Crippen molar-refractivity contribution in [1.82, 2.24) is 20.5 Å². The lowest BCUT2D eigenvalue weighted by molar-refractivity contribution is 0.00752. The first kappa shape index (κ1) is 20.5. The Balaban J connectivity index is 1.87. The molecule has 26 heavy (non-hydrogen) atoms. The summed E-state index contributed by atoms with van der Waals surface area (Å²) >= 11 is 0. The van der Waals surface area contributed by atoms with Crippen LogP contribution >= 0.6 is 0 Å². The maximum Gasteiger partial charge on any atom is 0.191 e. The lowest BCUT2D eigenvalue weighted by Crippen LogP contribution is -2.52. The van der Waals surface area contributed by atoms with Crippen LogP contribution in [0, 0.1) is 5.92 Å². The second kappa shape index (κ2) is 10.3. The topological polar surface area (TPSA) is 65.0 Å². The Morgan fingerprint density at radius 3 is 2.65 bits per heavy atom. The van der Waals surface area contributed by atoms with E-state index in [2.05, 4.69) is 45.4 Å². The number of pyridine rings is 1. The maximum absolute atomic E-state index is 5.48. The van der Waals surface area contributed by atoms with Gasteiger partial charge < -0.3 is 20.3 Å². The Labute approximate surface area is 157 Å². The molecule has 0 radical (unpaired) electrons. The highest BCUT2D eigenvalue weighted by Gasteiger charge is 2.23. The van der Waals surface area contributed by atoms with Crippen molar-refractivity contribution < 1.29 is 4.74 Å². The zero-order chi connectivity index (χ0) is 18.9. The summed E-state index contributed by atoms with van der Waals surface area (Å²) in [6.45, 7) is 9.79. The Morgan fingerprint density at radius 1 is 1.31 bits per heavy atom. The molecule has 0 spiro atoms. The third kappa shape index (κ3) is 6.14. The van der Waals surface area contributed by atoms with E-state index in [1.807, 2.05) is 38.3 Å². The SMILES string of the molecule is CN=C(NCc1ccnc(N(C)C)c1)NCC(C(C)C)N1CCOCC1. The average Bonchev–Trinajstić information content (AvgIpc) is 2.65. The number of aromatic nitrogens is 1. The van der Waals surface area contributed by atoms with Crippen molar-refractivity contribution in [2.45, 2.75) is 26.4 Å². The van der Waals surface area contributed by atoms with Crippen LogP contribution in [0.15, 0.2) is 23.3 Å². The van der Waals surface area contributed by atoms with Crippen LogP contribution in [0.2, 0.25) is 0 Å². The Morgan fingerprint density at radius 2 is 2.04 bits per heavy atom. The van der Waals surface area contributed by atoms with E-state index >= 15 is 0 Å². The fourth-order valence-electron chi connectivity index (χ4n) is 3.12.